The average Bonchev–Trinajstić information content (AvgIpc) is 3.72. The molecule has 0 fully saturated rings. The molecule has 64 heavy (non-hydrogen) atoms. The van der Waals surface area contributed by atoms with E-state index < -0.39 is 0 Å². The molecule has 0 aromatic heterocycles. The van der Waals surface area contributed by atoms with Crippen LogP contribution in [0.5, 0.6) is 0 Å². The molecule has 0 atom stereocenters. The summed E-state index contributed by atoms with van der Waals surface area (Å²) in [6, 6.07) is 78.0. The average molecular weight is 815 g/mol. The highest BCUT2D eigenvalue weighted by atomic mass is 14.4. The van der Waals surface area contributed by atoms with E-state index in [0.29, 0.717) is 0 Å². The Morgan fingerprint density at radius 3 is 1.58 bits per heavy atom. The second kappa shape index (κ2) is 13.5. The first kappa shape index (κ1) is 37.1. The zero-order valence-corrected chi connectivity index (χ0v) is 36.6. The minimum Gasteiger partial charge on any atom is -0.0619 e. The molecule has 0 heteroatoms. The maximum atomic E-state index is 2.50. The molecule has 2 aliphatic carbocycles. The normalized spacial score (nSPS) is 14.2. The molecule has 0 aliphatic heterocycles. The molecule has 0 radical (unpaired) electrons. The van der Waals surface area contributed by atoms with Crippen molar-refractivity contribution in [3.8, 4) is 66.8 Å². The van der Waals surface area contributed by atoms with Gasteiger partial charge in [-0.05, 0) is 156 Å². The quantitative estimate of drug-likeness (QED) is 0.123. The Labute approximate surface area is 375 Å². The lowest BCUT2D eigenvalue weighted by Crippen LogP contribution is -2.14. The van der Waals surface area contributed by atoms with Crippen LogP contribution in [0.25, 0.3) is 110 Å². The van der Waals surface area contributed by atoms with Crippen molar-refractivity contribution in [3.63, 3.8) is 0 Å². The molecule has 0 spiro atoms. The minimum absolute atomic E-state index is 0.0838. The smallest absolute Gasteiger partial charge is 0.0159 e. The van der Waals surface area contributed by atoms with Gasteiger partial charge in [-0.3, -0.25) is 0 Å². The summed E-state index contributed by atoms with van der Waals surface area (Å²) >= 11 is 0. The maximum absolute atomic E-state index is 2.50. The molecule has 13 rings (SSSR count). The van der Waals surface area contributed by atoms with E-state index in [1.807, 2.05) is 0 Å². The molecule has 0 bridgehead atoms. The van der Waals surface area contributed by atoms with Gasteiger partial charge in [0.2, 0.25) is 0 Å². The second-order valence-corrected chi connectivity index (χ2v) is 19.2. The van der Waals surface area contributed by atoms with Gasteiger partial charge in [0.15, 0.2) is 0 Å². The van der Waals surface area contributed by atoms with E-state index in [2.05, 4.69) is 234 Å². The molecule has 0 heterocycles. The lowest BCUT2D eigenvalue weighted by molar-refractivity contribution is 0.660. The molecule has 11 aromatic rings. The second-order valence-electron chi connectivity index (χ2n) is 19.2. The zero-order chi connectivity index (χ0) is 42.9. The molecular weight excluding hydrogens is 769 g/mol. The standard InChI is InChI=1S/C64H46/c1-63(2)57-29-14-12-26-52(57)62-53(27-16-30-58(62)63)61-50-25-10-9-24-49(50)60(43-19-15-18-41(35-43)54-37-42-17-5-6-20-44(42)45-21-7-8-22-46(45)54)51-34-32-39(36-55(51)61)40-31-33-48-47-23-11-13-28-56(47)64(3,4)59(48)38-40/h5-38H,1-4H3. The monoisotopic (exact) mass is 814 g/mol. The Morgan fingerprint density at radius 2 is 0.766 bits per heavy atom. The summed E-state index contributed by atoms with van der Waals surface area (Å²) in [5, 5.41) is 10.2. The van der Waals surface area contributed by atoms with Gasteiger partial charge < -0.3 is 0 Å². The predicted molar refractivity (Wildman–Crippen MR) is 273 cm³/mol. The van der Waals surface area contributed by atoms with Gasteiger partial charge in [-0.1, -0.05) is 210 Å². The van der Waals surface area contributed by atoms with Crippen LogP contribution in [0.15, 0.2) is 206 Å². The lowest BCUT2D eigenvalue weighted by Gasteiger charge is -2.23. The number of fused-ring (bicyclic) bond motifs is 11. The van der Waals surface area contributed by atoms with Gasteiger partial charge in [-0.25, -0.2) is 0 Å². The fourth-order valence-electron chi connectivity index (χ4n) is 11.9. The largest absolute Gasteiger partial charge is 0.0619 e. The van der Waals surface area contributed by atoms with E-state index in [1.165, 1.54) is 132 Å². The van der Waals surface area contributed by atoms with E-state index >= 15 is 0 Å². The van der Waals surface area contributed by atoms with Crippen molar-refractivity contribution < 1.29 is 0 Å². The van der Waals surface area contributed by atoms with Gasteiger partial charge in [0.1, 0.15) is 0 Å². The van der Waals surface area contributed by atoms with Crippen LogP contribution in [-0.2, 0) is 10.8 Å². The Bertz CT molecular complexity index is 3780. The molecule has 0 N–H and O–H groups in total. The summed E-state index contributed by atoms with van der Waals surface area (Å²) < 4.78 is 0. The van der Waals surface area contributed by atoms with E-state index in [4.69, 9.17) is 0 Å². The van der Waals surface area contributed by atoms with E-state index in [0.717, 1.165) is 0 Å². The van der Waals surface area contributed by atoms with Gasteiger partial charge in [0.25, 0.3) is 0 Å². The third-order valence-electron chi connectivity index (χ3n) is 15.0. The van der Waals surface area contributed by atoms with Crippen molar-refractivity contribution in [2.75, 3.05) is 0 Å². The summed E-state index contributed by atoms with van der Waals surface area (Å²) in [7, 11) is 0. The molecular formula is C64H46. The van der Waals surface area contributed by atoms with E-state index in [9.17, 15) is 0 Å². The highest BCUT2D eigenvalue weighted by Gasteiger charge is 2.38. The highest BCUT2D eigenvalue weighted by Crippen LogP contribution is 2.55. The predicted octanol–water partition coefficient (Wildman–Crippen LogP) is 17.6. The summed E-state index contributed by atoms with van der Waals surface area (Å²) in [6.07, 6.45) is 0. The van der Waals surface area contributed by atoms with Crippen LogP contribution in [0.4, 0.5) is 0 Å². The van der Waals surface area contributed by atoms with Crippen molar-refractivity contribution in [2.24, 2.45) is 0 Å². The molecule has 0 saturated heterocycles. The third kappa shape index (κ3) is 5.17. The van der Waals surface area contributed by atoms with Gasteiger partial charge in [-0.2, -0.15) is 0 Å². The first-order valence-electron chi connectivity index (χ1n) is 22.8. The Morgan fingerprint density at radius 1 is 0.234 bits per heavy atom. The van der Waals surface area contributed by atoms with Crippen LogP contribution in [0.1, 0.15) is 49.9 Å². The van der Waals surface area contributed by atoms with Crippen LogP contribution in [0.2, 0.25) is 0 Å². The van der Waals surface area contributed by atoms with Crippen molar-refractivity contribution in [1.29, 1.82) is 0 Å². The molecule has 0 saturated carbocycles. The lowest BCUT2D eigenvalue weighted by atomic mass is 9.80. The maximum Gasteiger partial charge on any atom is 0.0159 e. The van der Waals surface area contributed by atoms with E-state index in [1.54, 1.807) is 0 Å². The van der Waals surface area contributed by atoms with Crippen LogP contribution < -0.4 is 0 Å². The summed E-state index contributed by atoms with van der Waals surface area (Å²) in [5.74, 6) is 0. The fourth-order valence-corrected chi connectivity index (χ4v) is 11.9. The van der Waals surface area contributed by atoms with E-state index in [-0.39, 0.29) is 10.8 Å². The molecule has 0 nitrogen and oxygen atoms in total. The van der Waals surface area contributed by atoms with Gasteiger partial charge in [0, 0.05) is 10.8 Å². The summed E-state index contributed by atoms with van der Waals surface area (Å²) in [6.45, 7) is 9.53. The SMILES string of the molecule is CC1(C)c2ccccc2-c2ccc(-c3ccc4c(-c5cccc(-c6cc7ccccc7c7ccccc67)c5)c5ccccc5c(-c5cccc6c5-c5ccccc5C6(C)C)c4c3)cc21. The van der Waals surface area contributed by atoms with Crippen LogP contribution in [0.3, 0.4) is 0 Å². The van der Waals surface area contributed by atoms with Crippen LogP contribution in [-0.4, -0.2) is 0 Å². The van der Waals surface area contributed by atoms with Crippen molar-refractivity contribution in [2.45, 2.75) is 38.5 Å². The van der Waals surface area contributed by atoms with Gasteiger partial charge >= 0.3 is 0 Å². The van der Waals surface area contributed by atoms with Gasteiger partial charge in [0.05, 0.1) is 0 Å². The Hall–Kier alpha value is -7.54. The van der Waals surface area contributed by atoms with Crippen molar-refractivity contribution in [1.82, 2.24) is 0 Å². The third-order valence-corrected chi connectivity index (χ3v) is 15.0. The number of hydrogen-bond donors (Lipinski definition) is 0. The number of hydrogen-bond acceptors (Lipinski definition) is 0. The number of benzene rings is 11. The van der Waals surface area contributed by atoms with Crippen LogP contribution in [0, 0.1) is 0 Å². The fraction of sp³-hybridized carbons (Fsp3) is 0.0938. The summed E-state index contributed by atoms with van der Waals surface area (Å²) in [4.78, 5) is 0. The summed E-state index contributed by atoms with van der Waals surface area (Å²) in [5.41, 5.74) is 20.8. The van der Waals surface area contributed by atoms with Crippen molar-refractivity contribution >= 4 is 43.1 Å². The molecule has 0 unspecified atom stereocenters. The van der Waals surface area contributed by atoms with Crippen molar-refractivity contribution in [3.05, 3.63) is 229 Å². The highest BCUT2D eigenvalue weighted by molar-refractivity contribution is 6.24. The first-order valence-corrected chi connectivity index (χ1v) is 22.8. The molecule has 0 amide bonds. The Balaban J connectivity index is 1.10. The minimum atomic E-state index is -0.110. The Kier molecular flexibility index (Phi) is 7.80. The molecule has 302 valence electrons. The zero-order valence-electron chi connectivity index (χ0n) is 36.6. The molecule has 11 aromatic carbocycles. The first-order chi connectivity index (χ1) is 31.3. The molecule has 2 aliphatic rings. The topological polar surface area (TPSA) is 0 Å². The van der Waals surface area contributed by atoms with Gasteiger partial charge in [-0.15, -0.1) is 0 Å². The number of rotatable bonds is 4. The van der Waals surface area contributed by atoms with Crippen LogP contribution >= 0.6 is 0 Å².